The second kappa shape index (κ2) is 5.84. The highest BCUT2D eigenvalue weighted by Gasteiger charge is 2.13. The second-order valence-electron chi connectivity index (χ2n) is 3.56. The van der Waals surface area contributed by atoms with E-state index in [9.17, 15) is 0 Å². The van der Waals surface area contributed by atoms with Crippen LogP contribution in [0, 0.1) is 0 Å². The Bertz CT molecular complexity index is 113. The van der Waals surface area contributed by atoms with Crippen molar-refractivity contribution >= 4 is 11.8 Å². The Hall–Kier alpha value is 0.270. The molecule has 1 aliphatic heterocycles. The molecule has 0 aromatic heterocycles. The highest BCUT2D eigenvalue weighted by Crippen LogP contribution is 2.04. The Kier molecular flexibility index (Phi) is 5.04. The van der Waals surface area contributed by atoms with Gasteiger partial charge >= 0.3 is 0 Å². The van der Waals surface area contributed by atoms with Gasteiger partial charge in [-0.05, 0) is 32.6 Å². The van der Waals surface area contributed by atoms with Crippen LogP contribution in [0.15, 0.2) is 0 Å². The lowest BCUT2D eigenvalue weighted by Crippen LogP contribution is -2.39. The van der Waals surface area contributed by atoms with Crippen LogP contribution in [-0.2, 0) is 0 Å². The van der Waals surface area contributed by atoms with Crippen molar-refractivity contribution in [2.24, 2.45) is 0 Å². The first-order valence-electron chi connectivity index (χ1n) is 4.78. The minimum atomic E-state index is 0.655. The first-order chi connectivity index (χ1) is 5.83. The zero-order valence-corrected chi connectivity index (χ0v) is 8.91. The normalized spacial score (nSPS) is 26.0. The molecular formula is C9H20N2S. The van der Waals surface area contributed by atoms with E-state index in [1.165, 1.54) is 25.1 Å². The molecule has 0 aromatic carbocycles. The molecule has 1 saturated heterocycles. The molecule has 3 heteroatoms. The van der Waals surface area contributed by atoms with Crippen molar-refractivity contribution in [3.05, 3.63) is 0 Å². The van der Waals surface area contributed by atoms with Gasteiger partial charge in [0.1, 0.15) is 0 Å². The van der Waals surface area contributed by atoms with Crippen LogP contribution in [0.25, 0.3) is 0 Å². The van der Waals surface area contributed by atoms with Gasteiger partial charge in [0.15, 0.2) is 0 Å². The number of nitrogens with one attached hydrogen (secondary N) is 2. The van der Waals surface area contributed by atoms with Gasteiger partial charge < -0.3 is 10.6 Å². The summed E-state index contributed by atoms with van der Waals surface area (Å²) in [7, 11) is 0. The fraction of sp³-hybridized carbons (Fsp3) is 1.00. The number of hydrogen-bond acceptors (Lipinski definition) is 3. The van der Waals surface area contributed by atoms with Gasteiger partial charge in [0.2, 0.25) is 0 Å². The number of rotatable bonds is 5. The zero-order valence-electron chi connectivity index (χ0n) is 8.10. The zero-order chi connectivity index (χ0) is 8.81. The summed E-state index contributed by atoms with van der Waals surface area (Å²) in [5, 5.41) is 7.03. The summed E-state index contributed by atoms with van der Waals surface area (Å²) in [6.45, 7) is 4.61. The predicted octanol–water partition coefficient (Wildman–Crippen LogP) is 1.08. The van der Waals surface area contributed by atoms with Crippen LogP contribution < -0.4 is 10.6 Å². The van der Waals surface area contributed by atoms with E-state index in [0.29, 0.717) is 6.04 Å². The van der Waals surface area contributed by atoms with Crippen molar-refractivity contribution in [2.45, 2.75) is 31.8 Å². The van der Waals surface area contributed by atoms with Gasteiger partial charge in [0.25, 0.3) is 0 Å². The molecule has 12 heavy (non-hydrogen) atoms. The van der Waals surface area contributed by atoms with Crippen molar-refractivity contribution in [3.8, 4) is 0 Å². The molecule has 1 rings (SSSR count). The average molecular weight is 188 g/mol. The van der Waals surface area contributed by atoms with Gasteiger partial charge in [-0.2, -0.15) is 11.8 Å². The highest BCUT2D eigenvalue weighted by molar-refractivity contribution is 7.98. The lowest BCUT2D eigenvalue weighted by molar-refractivity contribution is 0.501. The van der Waals surface area contributed by atoms with Gasteiger partial charge in [0.05, 0.1) is 0 Å². The maximum atomic E-state index is 3.54. The molecule has 0 aliphatic carbocycles. The summed E-state index contributed by atoms with van der Waals surface area (Å²) in [5.41, 5.74) is 0. The standard InChI is InChI=1S/C9H20N2S/c1-8(7-12-2)11-6-9-4-3-5-10-9/h8-11H,3-7H2,1-2H3. The molecule has 1 fully saturated rings. The van der Waals surface area contributed by atoms with Gasteiger partial charge in [-0.1, -0.05) is 0 Å². The molecule has 0 bridgehead atoms. The van der Waals surface area contributed by atoms with Crippen molar-refractivity contribution in [2.75, 3.05) is 25.1 Å². The Morgan fingerprint density at radius 2 is 2.50 bits per heavy atom. The van der Waals surface area contributed by atoms with Gasteiger partial charge in [-0.25, -0.2) is 0 Å². The van der Waals surface area contributed by atoms with E-state index in [-0.39, 0.29) is 0 Å². The SMILES string of the molecule is CSCC(C)NCC1CCCN1. The van der Waals surface area contributed by atoms with E-state index in [0.717, 1.165) is 12.6 Å². The van der Waals surface area contributed by atoms with E-state index < -0.39 is 0 Å². The molecule has 0 saturated carbocycles. The van der Waals surface area contributed by atoms with E-state index >= 15 is 0 Å². The molecule has 2 nitrogen and oxygen atoms in total. The van der Waals surface area contributed by atoms with Crippen molar-refractivity contribution in [1.82, 2.24) is 10.6 Å². The summed E-state index contributed by atoms with van der Waals surface area (Å²) in [6.07, 6.45) is 4.86. The second-order valence-corrected chi connectivity index (χ2v) is 4.47. The monoisotopic (exact) mass is 188 g/mol. The number of hydrogen-bond donors (Lipinski definition) is 2. The van der Waals surface area contributed by atoms with Gasteiger partial charge in [-0.3, -0.25) is 0 Å². The van der Waals surface area contributed by atoms with Crippen LogP contribution in [0.4, 0.5) is 0 Å². The summed E-state index contributed by atoms with van der Waals surface area (Å²) in [6, 6.07) is 1.39. The first-order valence-corrected chi connectivity index (χ1v) is 6.18. The molecule has 0 radical (unpaired) electrons. The number of thioether (sulfide) groups is 1. The Morgan fingerprint density at radius 1 is 1.67 bits per heavy atom. The summed E-state index contributed by atoms with van der Waals surface area (Å²) >= 11 is 1.91. The minimum Gasteiger partial charge on any atom is -0.313 e. The van der Waals surface area contributed by atoms with Crippen molar-refractivity contribution in [1.29, 1.82) is 0 Å². The highest BCUT2D eigenvalue weighted by atomic mass is 32.2. The molecule has 0 spiro atoms. The molecule has 1 heterocycles. The third-order valence-electron chi connectivity index (χ3n) is 2.29. The van der Waals surface area contributed by atoms with E-state index in [1.807, 2.05) is 11.8 Å². The third kappa shape index (κ3) is 3.78. The smallest absolute Gasteiger partial charge is 0.0193 e. The van der Waals surface area contributed by atoms with Crippen LogP contribution in [0.3, 0.4) is 0 Å². The lowest BCUT2D eigenvalue weighted by Gasteiger charge is -2.16. The molecule has 2 N–H and O–H groups in total. The minimum absolute atomic E-state index is 0.655. The fourth-order valence-corrected chi connectivity index (χ4v) is 2.20. The van der Waals surface area contributed by atoms with Gasteiger partial charge in [0, 0.05) is 24.4 Å². The summed E-state index contributed by atoms with van der Waals surface area (Å²) < 4.78 is 0. The largest absolute Gasteiger partial charge is 0.313 e. The molecule has 2 atom stereocenters. The van der Waals surface area contributed by atoms with Gasteiger partial charge in [-0.15, -0.1) is 0 Å². The molecule has 72 valence electrons. The van der Waals surface area contributed by atoms with E-state index in [4.69, 9.17) is 0 Å². The van der Waals surface area contributed by atoms with Crippen molar-refractivity contribution < 1.29 is 0 Å². The quantitative estimate of drug-likeness (QED) is 0.675. The molecule has 1 aliphatic rings. The topological polar surface area (TPSA) is 24.1 Å². The van der Waals surface area contributed by atoms with Crippen LogP contribution in [-0.4, -0.2) is 37.2 Å². The lowest BCUT2D eigenvalue weighted by atomic mass is 10.2. The average Bonchev–Trinajstić information content (AvgIpc) is 2.53. The van der Waals surface area contributed by atoms with Crippen LogP contribution in [0.1, 0.15) is 19.8 Å². The summed E-state index contributed by atoms with van der Waals surface area (Å²) in [5.74, 6) is 1.22. The van der Waals surface area contributed by atoms with Crippen molar-refractivity contribution in [3.63, 3.8) is 0 Å². The molecule has 0 aromatic rings. The third-order valence-corrected chi connectivity index (χ3v) is 3.13. The van der Waals surface area contributed by atoms with Crippen LogP contribution >= 0.6 is 11.8 Å². The first kappa shape index (κ1) is 10.4. The maximum Gasteiger partial charge on any atom is 0.0193 e. The fourth-order valence-electron chi connectivity index (χ4n) is 1.58. The Morgan fingerprint density at radius 3 is 3.08 bits per heavy atom. The van der Waals surface area contributed by atoms with Crippen LogP contribution in [0.2, 0.25) is 0 Å². The molecule has 2 unspecified atom stereocenters. The molecule has 0 amide bonds. The Balaban J connectivity index is 1.99. The predicted molar refractivity (Wildman–Crippen MR) is 56.9 cm³/mol. The Labute approximate surface area is 79.9 Å². The summed E-state index contributed by atoms with van der Waals surface area (Å²) in [4.78, 5) is 0. The van der Waals surface area contributed by atoms with Crippen LogP contribution in [0.5, 0.6) is 0 Å². The van der Waals surface area contributed by atoms with E-state index in [1.54, 1.807) is 0 Å². The maximum absolute atomic E-state index is 3.54. The molecular weight excluding hydrogens is 168 g/mol. The van der Waals surface area contributed by atoms with E-state index in [2.05, 4.69) is 23.8 Å².